The zero-order valence-electron chi connectivity index (χ0n) is 23.1. The van der Waals surface area contributed by atoms with E-state index in [4.69, 9.17) is 21.1 Å². The summed E-state index contributed by atoms with van der Waals surface area (Å²) in [6, 6.07) is 18.0. The van der Waals surface area contributed by atoms with E-state index in [1.807, 2.05) is 56.5 Å². The molecule has 4 rings (SSSR count). The molecule has 1 fully saturated rings. The van der Waals surface area contributed by atoms with Crippen LogP contribution < -0.4 is 9.47 Å². The summed E-state index contributed by atoms with van der Waals surface area (Å²) in [6.07, 6.45) is 1.39. The van der Waals surface area contributed by atoms with Crippen molar-refractivity contribution in [2.24, 2.45) is 5.92 Å². The van der Waals surface area contributed by atoms with Gasteiger partial charge >= 0.3 is 12.1 Å². The van der Waals surface area contributed by atoms with E-state index in [0.29, 0.717) is 16.3 Å². The van der Waals surface area contributed by atoms with E-state index in [1.54, 1.807) is 36.0 Å². The molecule has 3 aromatic carbocycles. The number of nitrogens with zero attached hydrogens (tertiary/aromatic N) is 1. The Labute approximate surface area is 243 Å². The third-order valence-corrected chi connectivity index (χ3v) is 8.16. The molecule has 0 radical (unpaired) electrons. The summed E-state index contributed by atoms with van der Waals surface area (Å²) in [5.74, 6) is -1.22. The van der Waals surface area contributed by atoms with Crippen LogP contribution in [-0.2, 0) is 4.79 Å². The first-order valence-corrected chi connectivity index (χ1v) is 14.4. The molecule has 3 aromatic rings. The van der Waals surface area contributed by atoms with Gasteiger partial charge in [0.1, 0.15) is 5.75 Å². The van der Waals surface area contributed by atoms with Crippen LogP contribution in [0.3, 0.4) is 0 Å². The number of para-hydroxylation sites is 1. The van der Waals surface area contributed by atoms with Crippen molar-refractivity contribution in [1.29, 1.82) is 0 Å². The molecule has 0 aliphatic carbocycles. The number of halogens is 1. The Hall–Kier alpha value is -3.49. The van der Waals surface area contributed by atoms with Crippen LogP contribution >= 0.6 is 23.4 Å². The lowest BCUT2D eigenvalue weighted by molar-refractivity contribution is -0.152. The number of aliphatic carboxylic acids is 1. The molecule has 0 aromatic heterocycles. The Morgan fingerprint density at radius 3 is 2.20 bits per heavy atom. The van der Waals surface area contributed by atoms with Gasteiger partial charge in [-0.3, -0.25) is 4.79 Å². The fraction of sp³-hybridized carbons (Fsp3) is 0.323. The number of amides is 1. The van der Waals surface area contributed by atoms with Crippen LogP contribution in [0.5, 0.6) is 11.5 Å². The van der Waals surface area contributed by atoms with Crippen LogP contribution in [0.1, 0.15) is 46.8 Å². The van der Waals surface area contributed by atoms with Crippen molar-refractivity contribution in [3.05, 3.63) is 87.9 Å². The quantitative estimate of drug-likeness (QED) is 0.226. The van der Waals surface area contributed by atoms with Crippen molar-refractivity contribution in [2.75, 3.05) is 19.3 Å². The van der Waals surface area contributed by atoms with E-state index in [-0.39, 0.29) is 30.5 Å². The summed E-state index contributed by atoms with van der Waals surface area (Å²) < 4.78 is 11.5. The molecule has 1 aliphatic rings. The topological polar surface area (TPSA) is 93.1 Å². The van der Waals surface area contributed by atoms with Gasteiger partial charge in [-0.2, -0.15) is 0 Å². The van der Waals surface area contributed by atoms with Gasteiger partial charge in [0.2, 0.25) is 0 Å². The van der Waals surface area contributed by atoms with Crippen molar-refractivity contribution in [3.8, 4) is 11.5 Å². The van der Waals surface area contributed by atoms with Crippen LogP contribution in [-0.4, -0.2) is 52.8 Å². The molecule has 0 bridgehead atoms. The number of hydrogen-bond donors (Lipinski definition) is 1. The number of carboxylic acid groups (broad SMARTS) is 1. The first-order chi connectivity index (χ1) is 18.9. The zero-order valence-corrected chi connectivity index (χ0v) is 24.6. The number of hydrogen-bond acceptors (Lipinski definition) is 6. The normalized spacial score (nSPS) is 17.0. The molecule has 2 unspecified atom stereocenters. The second-order valence-corrected chi connectivity index (χ2v) is 11.7. The number of benzene rings is 3. The highest BCUT2D eigenvalue weighted by molar-refractivity contribution is 7.98. The lowest BCUT2D eigenvalue weighted by Gasteiger charge is -2.26. The fourth-order valence-electron chi connectivity index (χ4n) is 4.87. The van der Waals surface area contributed by atoms with Gasteiger partial charge in [0, 0.05) is 35.4 Å². The maximum Gasteiger partial charge on any atom is 0.415 e. The minimum Gasteiger partial charge on any atom is -0.478 e. The Balaban J connectivity index is 1.67. The smallest absolute Gasteiger partial charge is 0.415 e. The molecule has 1 aliphatic heterocycles. The number of rotatable bonds is 8. The van der Waals surface area contributed by atoms with Crippen LogP contribution in [0, 0.1) is 19.8 Å². The fourth-order valence-corrected chi connectivity index (χ4v) is 5.45. The highest BCUT2D eigenvalue weighted by Gasteiger charge is 2.42. The maximum atomic E-state index is 13.8. The molecule has 210 valence electrons. The van der Waals surface area contributed by atoms with Gasteiger partial charge in [0.25, 0.3) is 0 Å². The van der Waals surface area contributed by atoms with Crippen LogP contribution in [0.25, 0.3) is 0 Å². The van der Waals surface area contributed by atoms with Crippen molar-refractivity contribution >= 4 is 41.2 Å². The third-order valence-electron chi connectivity index (χ3n) is 7.11. The number of carbonyl (C=O) groups excluding carboxylic acids is 2. The van der Waals surface area contributed by atoms with E-state index in [1.165, 1.54) is 18.7 Å². The molecule has 7 nitrogen and oxygen atoms in total. The summed E-state index contributed by atoms with van der Waals surface area (Å²) in [5.41, 5.74) is 1.52. The van der Waals surface area contributed by atoms with Gasteiger partial charge in [-0.25, -0.2) is 9.59 Å². The van der Waals surface area contributed by atoms with Crippen molar-refractivity contribution in [2.45, 2.75) is 44.1 Å². The Morgan fingerprint density at radius 1 is 1.00 bits per heavy atom. The number of ether oxygens (including phenoxy) is 2. The molecule has 9 heteroatoms. The minimum atomic E-state index is -1.41. The molecule has 40 heavy (non-hydrogen) atoms. The largest absolute Gasteiger partial charge is 0.478 e. The predicted octanol–water partition coefficient (Wildman–Crippen LogP) is 7.02. The summed E-state index contributed by atoms with van der Waals surface area (Å²) in [5, 5.41) is 9.85. The van der Waals surface area contributed by atoms with E-state index < -0.39 is 23.6 Å². The summed E-state index contributed by atoms with van der Waals surface area (Å²) in [7, 11) is 0. The minimum absolute atomic E-state index is 0.0617. The number of Topliss-reactive ketones (excluding diaryl/α,β-unsaturated/α-hetero) is 1. The highest BCUT2D eigenvalue weighted by atomic mass is 35.5. The molecule has 1 heterocycles. The van der Waals surface area contributed by atoms with Gasteiger partial charge in [0.15, 0.2) is 17.1 Å². The second kappa shape index (κ2) is 11.9. The van der Waals surface area contributed by atoms with Gasteiger partial charge in [-0.15, -0.1) is 11.8 Å². The van der Waals surface area contributed by atoms with Crippen molar-refractivity contribution in [1.82, 2.24) is 4.90 Å². The number of ketones is 1. The average molecular weight is 582 g/mol. The molecule has 1 saturated heterocycles. The monoisotopic (exact) mass is 581 g/mol. The Bertz CT molecular complexity index is 1410. The number of carboxylic acids is 1. The molecule has 2 atom stereocenters. The SMILES string of the molecule is CSc1ccc(C(=O)C2CN(C(=O)Oc3ccccc3Cl)CC2c2cc(C)c(OC(C)(C)C(=O)O)c(C)c2)cc1. The standard InChI is InChI=1S/C31H32ClNO6S/c1-18-14-21(15-19(2)28(18)39-31(3,4)29(35)36)23-16-33(30(37)38-26-9-7-6-8-25(26)32)17-24(23)27(34)20-10-12-22(40-5)13-11-20/h6-15,23-24H,16-17H2,1-5H3,(H,35,36). The van der Waals surface area contributed by atoms with E-state index >= 15 is 0 Å². The average Bonchev–Trinajstić information content (AvgIpc) is 3.37. The Morgan fingerprint density at radius 2 is 1.62 bits per heavy atom. The number of likely N-dealkylation sites (tertiary alicyclic amines) is 1. The first kappa shape index (κ1) is 29.5. The molecule has 0 saturated carbocycles. The zero-order chi connectivity index (χ0) is 29.2. The van der Waals surface area contributed by atoms with Gasteiger partial charge in [0.05, 0.1) is 5.02 Å². The number of aryl methyl sites for hydroxylation is 2. The summed E-state index contributed by atoms with van der Waals surface area (Å²) >= 11 is 7.79. The van der Waals surface area contributed by atoms with Crippen molar-refractivity contribution < 1.29 is 29.0 Å². The van der Waals surface area contributed by atoms with Crippen LogP contribution in [0.4, 0.5) is 4.79 Å². The third kappa shape index (κ3) is 6.29. The van der Waals surface area contributed by atoms with E-state index in [0.717, 1.165) is 21.6 Å². The Kier molecular flexibility index (Phi) is 8.80. The van der Waals surface area contributed by atoms with Gasteiger partial charge in [-0.1, -0.05) is 48.0 Å². The molecular formula is C31H32ClNO6S. The molecule has 1 N–H and O–H groups in total. The predicted molar refractivity (Wildman–Crippen MR) is 156 cm³/mol. The van der Waals surface area contributed by atoms with Gasteiger partial charge in [-0.05, 0) is 74.9 Å². The molecular weight excluding hydrogens is 550 g/mol. The van der Waals surface area contributed by atoms with Crippen LogP contribution in [0.2, 0.25) is 5.02 Å². The summed E-state index contributed by atoms with van der Waals surface area (Å²) in [6.45, 7) is 7.14. The molecule has 1 amide bonds. The first-order valence-electron chi connectivity index (χ1n) is 12.8. The number of carbonyl (C=O) groups is 3. The highest BCUT2D eigenvalue weighted by Crippen LogP contribution is 2.39. The van der Waals surface area contributed by atoms with E-state index in [9.17, 15) is 19.5 Å². The van der Waals surface area contributed by atoms with Gasteiger partial charge < -0.3 is 19.5 Å². The van der Waals surface area contributed by atoms with Crippen molar-refractivity contribution in [3.63, 3.8) is 0 Å². The lowest BCUT2D eigenvalue weighted by Crippen LogP contribution is -2.38. The second-order valence-electron chi connectivity index (χ2n) is 10.4. The lowest BCUT2D eigenvalue weighted by atomic mass is 9.82. The van der Waals surface area contributed by atoms with E-state index in [2.05, 4.69) is 0 Å². The summed E-state index contributed by atoms with van der Waals surface area (Å²) in [4.78, 5) is 41.2. The molecule has 0 spiro atoms. The number of thioether (sulfide) groups is 1. The van der Waals surface area contributed by atoms with Crippen LogP contribution in [0.15, 0.2) is 65.6 Å². The maximum absolute atomic E-state index is 13.8.